The molecule has 8 heteroatoms. The van der Waals surface area contributed by atoms with Crippen LogP contribution in [0.4, 0.5) is 17.3 Å². The molecule has 1 aromatic heterocycles. The second-order valence-electron chi connectivity index (χ2n) is 6.26. The molecular weight excluding hydrogens is 306 g/mol. The van der Waals surface area contributed by atoms with Gasteiger partial charge in [-0.3, -0.25) is 4.90 Å². The van der Waals surface area contributed by atoms with E-state index < -0.39 is 0 Å². The third-order valence-corrected chi connectivity index (χ3v) is 4.81. The lowest BCUT2D eigenvalue weighted by Crippen LogP contribution is -2.46. The van der Waals surface area contributed by atoms with Gasteiger partial charge in [-0.05, 0) is 6.54 Å². The van der Waals surface area contributed by atoms with E-state index in [4.69, 9.17) is 10.5 Å². The molecule has 2 saturated heterocycles. The van der Waals surface area contributed by atoms with E-state index in [-0.39, 0.29) is 0 Å². The van der Waals surface area contributed by atoms with Crippen LogP contribution in [0.15, 0.2) is 6.33 Å². The molecule has 0 bridgehead atoms. The first-order chi connectivity index (χ1) is 11.8. The van der Waals surface area contributed by atoms with Crippen molar-refractivity contribution < 1.29 is 4.74 Å². The fourth-order valence-electron chi connectivity index (χ4n) is 3.21. The normalized spacial score (nSPS) is 20.3. The van der Waals surface area contributed by atoms with Gasteiger partial charge in [-0.2, -0.15) is 0 Å². The SMILES string of the molecule is CCN1CCN(c2ncnc(NCCN3CCOCC3)c2N)CC1. The number of nitrogens with two attached hydrogens (primary N) is 1. The fourth-order valence-corrected chi connectivity index (χ4v) is 3.21. The monoisotopic (exact) mass is 335 g/mol. The molecule has 3 heterocycles. The minimum atomic E-state index is 0.657. The van der Waals surface area contributed by atoms with Crippen LogP contribution < -0.4 is 16.0 Å². The number of nitrogen functional groups attached to an aromatic ring is 1. The molecule has 0 unspecified atom stereocenters. The van der Waals surface area contributed by atoms with Gasteiger partial charge in [0.25, 0.3) is 0 Å². The molecule has 0 radical (unpaired) electrons. The summed E-state index contributed by atoms with van der Waals surface area (Å²) in [5.41, 5.74) is 6.98. The van der Waals surface area contributed by atoms with Gasteiger partial charge in [0.2, 0.25) is 0 Å². The Hall–Kier alpha value is -1.64. The van der Waals surface area contributed by atoms with Crippen LogP contribution >= 0.6 is 0 Å². The summed E-state index contributed by atoms with van der Waals surface area (Å²) in [7, 11) is 0. The van der Waals surface area contributed by atoms with Crippen molar-refractivity contribution in [3.63, 3.8) is 0 Å². The fraction of sp³-hybridized carbons (Fsp3) is 0.750. The molecule has 3 rings (SSSR count). The Morgan fingerprint density at radius 3 is 2.54 bits per heavy atom. The maximum atomic E-state index is 6.32. The topological polar surface area (TPSA) is 82.8 Å². The summed E-state index contributed by atoms with van der Waals surface area (Å²) in [6, 6.07) is 0. The van der Waals surface area contributed by atoms with E-state index in [2.05, 4.69) is 36.9 Å². The quantitative estimate of drug-likeness (QED) is 0.748. The van der Waals surface area contributed by atoms with E-state index in [1.165, 1.54) is 0 Å². The second kappa shape index (κ2) is 8.46. The molecule has 3 N–H and O–H groups in total. The smallest absolute Gasteiger partial charge is 0.157 e. The van der Waals surface area contributed by atoms with Gasteiger partial charge in [0.1, 0.15) is 12.0 Å². The summed E-state index contributed by atoms with van der Waals surface area (Å²) in [5, 5.41) is 3.36. The van der Waals surface area contributed by atoms with Gasteiger partial charge in [-0.25, -0.2) is 9.97 Å². The van der Waals surface area contributed by atoms with E-state index in [9.17, 15) is 0 Å². The number of piperazine rings is 1. The Morgan fingerprint density at radius 1 is 1.08 bits per heavy atom. The standard InChI is InChI=1S/C16H29N7O/c1-2-21-5-7-23(8-6-21)16-14(17)15(19-13-20-16)18-3-4-22-9-11-24-12-10-22/h13H,2-12,17H2,1H3,(H,18,19,20). The zero-order valence-electron chi connectivity index (χ0n) is 14.6. The molecule has 0 aliphatic carbocycles. The average molecular weight is 335 g/mol. The van der Waals surface area contributed by atoms with Crippen molar-refractivity contribution in [3.05, 3.63) is 6.33 Å². The summed E-state index contributed by atoms with van der Waals surface area (Å²) in [6.07, 6.45) is 1.61. The van der Waals surface area contributed by atoms with E-state index in [1.807, 2.05) is 0 Å². The van der Waals surface area contributed by atoms with Crippen LogP contribution in [-0.4, -0.2) is 91.9 Å². The molecule has 2 aliphatic heterocycles. The lowest BCUT2D eigenvalue weighted by atomic mass is 10.3. The lowest BCUT2D eigenvalue weighted by molar-refractivity contribution is 0.0398. The molecule has 0 atom stereocenters. The van der Waals surface area contributed by atoms with E-state index >= 15 is 0 Å². The van der Waals surface area contributed by atoms with Crippen molar-refractivity contribution >= 4 is 17.3 Å². The van der Waals surface area contributed by atoms with Crippen LogP contribution in [0, 0.1) is 0 Å². The second-order valence-corrected chi connectivity index (χ2v) is 6.26. The zero-order chi connectivity index (χ0) is 16.8. The van der Waals surface area contributed by atoms with Crippen LogP contribution in [0.5, 0.6) is 0 Å². The number of aromatic nitrogens is 2. The number of hydrogen-bond acceptors (Lipinski definition) is 8. The van der Waals surface area contributed by atoms with Crippen molar-refractivity contribution in [3.8, 4) is 0 Å². The third kappa shape index (κ3) is 4.25. The highest BCUT2D eigenvalue weighted by atomic mass is 16.5. The first-order valence-electron chi connectivity index (χ1n) is 8.89. The Morgan fingerprint density at radius 2 is 1.83 bits per heavy atom. The molecule has 24 heavy (non-hydrogen) atoms. The summed E-state index contributed by atoms with van der Waals surface area (Å²) in [5.74, 6) is 1.60. The number of anilines is 3. The zero-order valence-corrected chi connectivity index (χ0v) is 14.6. The van der Waals surface area contributed by atoms with Crippen LogP contribution in [0.3, 0.4) is 0 Å². The van der Waals surface area contributed by atoms with Crippen LogP contribution in [0.2, 0.25) is 0 Å². The largest absolute Gasteiger partial charge is 0.393 e. The minimum Gasteiger partial charge on any atom is -0.393 e. The van der Waals surface area contributed by atoms with Crippen LogP contribution in [0.25, 0.3) is 0 Å². The number of likely N-dealkylation sites (N-methyl/N-ethyl adjacent to an activating group) is 1. The predicted molar refractivity (Wildman–Crippen MR) is 96.5 cm³/mol. The molecule has 0 aromatic carbocycles. The number of morpholine rings is 1. The molecular formula is C16H29N7O. The van der Waals surface area contributed by atoms with Gasteiger partial charge in [0.15, 0.2) is 11.6 Å². The molecule has 2 aliphatic rings. The number of nitrogens with one attached hydrogen (secondary N) is 1. The van der Waals surface area contributed by atoms with Gasteiger partial charge in [0.05, 0.1) is 13.2 Å². The van der Waals surface area contributed by atoms with Gasteiger partial charge in [0, 0.05) is 52.4 Å². The van der Waals surface area contributed by atoms with E-state index in [0.717, 1.165) is 83.8 Å². The Balaban J connectivity index is 1.55. The molecule has 0 saturated carbocycles. The lowest BCUT2D eigenvalue weighted by Gasteiger charge is -2.35. The van der Waals surface area contributed by atoms with Crippen molar-refractivity contribution in [2.75, 3.05) is 88.1 Å². The highest BCUT2D eigenvalue weighted by Gasteiger charge is 2.20. The van der Waals surface area contributed by atoms with E-state index in [0.29, 0.717) is 5.69 Å². The summed E-state index contributed by atoms with van der Waals surface area (Å²) in [6.45, 7) is 12.8. The average Bonchev–Trinajstić information content (AvgIpc) is 2.64. The number of rotatable bonds is 6. The molecule has 8 nitrogen and oxygen atoms in total. The molecule has 2 fully saturated rings. The Labute approximate surface area is 144 Å². The van der Waals surface area contributed by atoms with Crippen molar-refractivity contribution in [2.24, 2.45) is 0 Å². The molecule has 0 spiro atoms. The summed E-state index contributed by atoms with van der Waals surface area (Å²) in [4.78, 5) is 15.8. The Bertz CT molecular complexity index is 513. The minimum absolute atomic E-state index is 0.657. The van der Waals surface area contributed by atoms with Crippen molar-refractivity contribution in [1.82, 2.24) is 19.8 Å². The highest BCUT2D eigenvalue weighted by Crippen LogP contribution is 2.26. The number of ether oxygens (including phenoxy) is 1. The van der Waals surface area contributed by atoms with Gasteiger partial charge in [-0.15, -0.1) is 0 Å². The van der Waals surface area contributed by atoms with Gasteiger partial charge in [-0.1, -0.05) is 6.92 Å². The number of nitrogens with zero attached hydrogens (tertiary/aromatic N) is 5. The molecule has 134 valence electrons. The van der Waals surface area contributed by atoms with Gasteiger partial charge >= 0.3 is 0 Å². The van der Waals surface area contributed by atoms with Crippen molar-refractivity contribution in [1.29, 1.82) is 0 Å². The third-order valence-electron chi connectivity index (χ3n) is 4.81. The summed E-state index contributed by atoms with van der Waals surface area (Å²) >= 11 is 0. The first kappa shape index (κ1) is 17.2. The van der Waals surface area contributed by atoms with Crippen LogP contribution in [0.1, 0.15) is 6.92 Å². The first-order valence-corrected chi connectivity index (χ1v) is 8.89. The van der Waals surface area contributed by atoms with Gasteiger partial charge < -0.3 is 25.6 Å². The number of hydrogen-bond donors (Lipinski definition) is 2. The maximum absolute atomic E-state index is 6.32. The molecule has 0 amide bonds. The predicted octanol–water partition coefficient (Wildman–Crippen LogP) is -0.0552. The van der Waals surface area contributed by atoms with E-state index in [1.54, 1.807) is 6.33 Å². The molecule has 1 aromatic rings. The summed E-state index contributed by atoms with van der Waals surface area (Å²) < 4.78 is 5.37. The highest BCUT2D eigenvalue weighted by molar-refractivity contribution is 5.75. The van der Waals surface area contributed by atoms with Crippen molar-refractivity contribution in [2.45, 2.75) is 6.92 Å². The van der Waals surface area contributed by atoms with Crippen LogP contribution in [-0.2, 0) is 4.74 Å². The Kier molecular flexibility index (Phi) is 6.06. The maximum Gasteiger partial charge on any atom is 0.157 e.